The molecule has 0 amide bonds. The molecular formula is C9H6F2N2O. The van der Waals surface area contributed by atoms with Crippen molar-refractivity contribution in [3.63, 3.8) is 0 Å². The van der Waals surface area contributed by atoms with Crippen molar-refractivity contribution in [2.24, 2.45) is 0 Å². The fourth-order valence-corrected chi connectivity index (χ4v) is 0.972. The molecule has 72 valence electrons. The lowest BCUT2D eigenvalue weighted by molar-refractivity contribution is 0.161. The van der Waals surface area contributed by atoms with Gasteiger partial charge >= 0.3 is 0 Å². The Bertz CT molecular complexity index is 408. The number of aromatic nitrogens is 2. The Hall–Kier alpha value is -1.91. The van der Waals surface area contributed by atoms with Crippen molar-refractivity contribution in [3.8, 4) is 5.75 Å². The molecule has 1 aromatic carbocycles. The molecule has 1 heterocycles. The van der Waals surface area contributed by atoms with Gasteiger partial charge in [-0.15, -0.1) is 9.94 Å². The maximum absolute atomic E-state index is 13.0. The van der Waals surface area contributed by atoms with E-state index in [1.54, 1.807) is 6.07 Å². The third-order valence-corrected chi connectivity index (χ3v) is 1.58. The van der Waals surface area contributed by atoms with Crippen LogP contribution in [0.15, 0.2) is 36.7 Å². The highest BCUT2D eigenvalue weighted by molar-refractivity contribution is 5.25. The van der Waals surface area contributed by atoms with Gasteiger partial charge in [0.05, 0.1) is 12.4 Å². The minimum absolute atomic E-state index is 0.462. The number of para-hydroxylation sites is 1. The first-order valence-electron chi connectivity index (χ1n) is 3.89. The SMILES string of the molecule is Fc1cccc(F)c1On1cccn1. The summed E-state index contributed by atoms with van der Waals surface area (Å²) in [6.07, 6.45) is 2.88. The molecule has 0 aliphatic rings. The van der Waals surface area contributed by atoms with Gasteiger partial charge in [0.15, 0.2) is 11.6 Å². The summed E-state index contributed by atoms with van der Waals surface area (Å²) in [5.74, 6) is -1.99. The molecule has 0 saturated heterocycles. The molecule has 1 aromatic heterocycles. The quantitative estimate of drug-likeness (QED) is 0.734. The number of hydrogen-bond acceptors (Lipinski definition) is 2. The third-order valence-electron chi connectivity index (χ3n) is 1.58. The summed E-state index contributed by atoms with van der Waals surface area (Å²) >= 11 is 0. The van der Waals surface area contributed by atoms with Gasteiger partial charge < -0.3 is 4.84 Å². The Morgan fingerprint density at radius 3 is 2.43 bits per heavy atom. The molecule has 0 N–H and O–H groups in total. The van der Waals surface area contributed by atoms with Crippen LogP contribution in [0.4, 0.5) is 8.78 Å². The monoisotopic (exact) mass is 196 g/mol. The average Bonchev–Trinajstić information content (AvgIpc) is 2.64. The second-order valence-electron chi connectivity index (χ2n) is 2.55. The average molecular weight is 196 g/mol. The van der Waals surface area contributed by atoms with E-state index in [4.69, 9.17) is 4.84 Å². The number of hydrogen-bond donors (Lipinski definition) is 0. The number of rotatable bonds is 2. The van der Waals surface area contributed by atoms with Gasteiger partial charge in [0, 0.05) is 0 Å². The van der Waals surface area contributed by atoms with Crippen LogP contribution >= 0.6 is 0 Å². The lowest BCUT2D eigenvalue weighted by Gasteiger charge is -2.05. The van der Waals surface area contributed by atoms with Crippen molar-refractivity contribution in [3.05, 3.63) is 48.3 Å². The largest absolute Gasteiger partial charge is 0.352 e. The van der Waals surface area contributed by atoms with Crippen LogP contribution in [0, 0.1) is 11.6 Å². The number of nitrogens with zero attached hydrogens (tertiary/aromatic N) is 2. The third kappa shape index (κ3) is 1.56. The molecular weight excluding hydrogens is 190 g/mol. The first-order chi connectivity index (χ1) is 6.77. The summed E-state index contributed by atoms with van der Waals surface area (Å²) in [6.45, 7) is 0. The van der Waals surface area contributed by atoms with E-state index in [1.165, 1.54) is 18.5 Å². The summed E-state index contributed by atoms with van der Waals surface area (Å²) in [6, 6.07) is 5.07. The van der Waals surface area contributed by atoms with Gasteiger partial charge in [-0.05, 0) is 18.2 Å². The predicted molar refractivity (Wildman–Crippen MR) is 44.6 cm³/mol. The second-order valence-corrected chi connectivity index (χ2v) is 2.55. The van der Waals surface area contributed by atoms with Gasteiger partial charge in [-0.3, -0.25) is 0 Å². The van der Waals surface area contributed by atoms with Crippen LogP contribution in [0.3, 0.4) is 0 Å². The van der Waals surface area contributed by atoms with Gasteiger partial charge in [0.25, 0.3) is 0 Å². The molecule has 0 atom stereocenters. The highest BCUT2D eigenvalue weighted by Crippen LogP contribution is 2.20. The zero-order valence-corrected chi connectivity index (χ0v) is 7.02. The zero-order chi connectivity index (χ0) is 9.97. The Labute approximate surface area is 78.5 Å². The van der Waals surface area contributed by atoms with Crippen LogP contribution in [-0.2, 0) is 0 Å². The second kappa shape index (κ2) is 3.45. The van der Waals surface area contributed by atoms with Gasteiger partial charge in [-0.25, -0.2) is 8.78 Å². The van der Waals surface area contributed by atoms with Crippen LogP contribution < -0.4 is 4.84 Å². The summed E-state index contributed by atoms with van der Waals surface area (Å²) < 4.78 is 26.1. The van der Waals surface area contributed by atoms with E-state index in [0.717, 1.165) is 17.0 Å². The van der Waals surface area contributed by atoms with E-state index in [-0.39, 0.29) is 0 Å². The van der Waals surface area contributed by atoms with E-state index < -0.39 is 17.4 Å². The molecule has 0 bridgehead atoms. The first-order valence-corrected chi connectivity index (χ1v) is 3.89. The van der Waals surface area contributed by atoms with Crippen LogP contribution in [0.1, 0.15) is 0 Å². The van der Waals surface area contributed by atoms with Crippen molar-refractivity contribution in [1.29, 1.82) is 0 Å². The molecule has 3 nitrogen and oxygen atoms in total. The van der Waals surface area contributed by atoms with Gasteiger partial charge in [-0.1, -0.05) is 6.07 Å². The summed E-state index contributed by atoms with van der Waals surface area (Å²) in [5.41, 5.74) is 0. The minimum atomic E-state index is -0.763. The van der Waals surface area contributed by atoms with Crippen molar-refractivity contribution in [1.82, 2.24) is 9.94 Å². The molecule has 0 unspecified atom stereocenters. The van der Waals surface area contributed by atoms with Gasteiger partial charge in [-0.2, -0.15) is 0 Å². The molecule has 5 heteroatoms. The van der Waals surface area contributed by atoms with Gasteiger partial charge in [0.1, 0.15) is 0 Å². The van der Waals surface area contributed by atoms with Crippen molar-refractivity contribution in [2.45, 2.75) is 0 Å². The molecule has 0 fully saturated rings. The Morgan fingerprint density at radius 1 is 1.14 bits per heavy atom. The van der Waals surface area contributed by atoms with E-state index in [9.17, 15) is 8.78 Å². The van der Waals surface area contributed by atoms with Crippen LogP contribution in [0.5, 0.6) is 5.75 Å². The number of halogens is 2. The molecule has 0 spiro atoms. The fraction of sp³-hybridized carbons (Fsp3) is 0. The molecule has 0 aliphatic heterocycles. The van der Waals surface area contributed by atoms with E-state index in [0.29, 0.717) is 0 Å². The highest BCUT2D eigenvalue weighted by Gasteiger charge is 2.10. The van der Waals surface area contributed by atoms with Crippen molar-refractivity contribution in [2.75, 3.05) is 0 Å². The van der Waals surface area contributed by atoms with Crippen molar-refractivity contribution >= 4 is 0 Å². The maximum Gasteiger partial charge on any atom is 0.228 e. The molecule has 0 saturated carbocycles. The van der Waals surface area contributed by atoms with Crippen molar-refractivity contribution < 1.29 is 13.6 Å². The minimum Gasteiger partial charge on any atom is -0.352 e. The molecule has 0 radical (unpaired) electrons. The Kier molecular flexibility index (Phi) is 2.14. The predicted octanol–water partition coefficient (Wildman–Crippen LogP) is 2.00. The molecule has 2 rings (SSSR count). The molecule has 0 aliphatic carbocycles. The summed E-state index contributed by atoms with van der Waals surface area (Å²) in [4.78, 5) is 5.81. The summed E-state index contributed by atoms with van der Waals surface area (Å²) in [7, 11) is 0. The van der Waals surface area contributed by atoms with Crippen LogP contribution in [-0.4, -0.2) is 9.94 Å². The Morgan fingerprint density at radius 2 is 1.86 bits per heavy atom. The smallest absolute Gasteiger partial charge is 0.228 e. The standard InChI is InChI=1S/C9H6F2N2O/c10-7-3-1-4-8(11)9(7)14-13-6-2-5-12-13/h1-6H. The van der Waals surface area contributed by atoms with Crippen LogP contribution in [0.25, 0.3) is 0 Å². The Balaban J connectivity index is 2.33. The number of benzene rings is 1. The molecule has 14 heavy (non-hydrogen) atoms. The highest BCUT2D eigenvalue weighted by atomic mass is 19.1. The summed E-state index contributed by atoms with van der Waals surface area (Å²) in [5, 5.41) is 3.65. The van der Waals surface area contributed by atoms with Gasteiger partial charge in [0.2, 0.25) is 5.75 Å². The zero-order valence-electron chi connectivity index (χ0n) is 7.02. The lowest BCUT2D eigenvalue weighted by Crippen LogP contribution is -2.07. The van der Waals surface area contributed by atoms with E-state index >= 15 is 0 Å². The maximum atomic E-state index is 13.0. The normalized spacial score (nSPS) is 10.1. The van der Waals surface area contributed by atoms with Crippen LogP contribution in [0.2, 0.25) is 0 Å². The first kappa shape index (κ1) is 8.68. The molecule has 2 aromatic rings. The fourth-order valence-electron chi connectivity index (χ4n) is 0.972. The van der Waals surface area contributed by atoms with E-state index in [2.05, 4.69) is 5.10 Å². The van der Waals surface area contributed by atoms with E-state index in [1.807, 2.05) is 0 Å². The lowest BCUT2D eigenvalue weighted by atomic mass is 10.3. The topological polar surface area (TPSA) is 27.1 Å².